The van der Waals surface area contributed by atoms with Crippen molar-refractivity contribution < 1.29 is 27.9 Å². The molecule has 0 spiro atoms. The summed E-state index contributed by atoms with van der Waals surface area (Å²) >= 11 is 0. The van der Waals surface area contributed by atoms with E-state index in [1.54, 1.807) is 0 Å². The Bertz CT molecular complexity index is 386. The highest BCUT2D eigenvalue weighted by molar-refractivity contribution is 5.27. The molecule has 4 nitrogen and oxygen atoms in total. The summed E-state index contributed by atoms with van der Waals surface area (Å²) in [7, 11) is 0. The summed E-state index contributed by atoms with van der Waals surface area (Å²) < 4.78 is 42.3. The summed E-state index contributed by atoms with van der Waals surface area (Å²) in [4.78, 5) is 0. The van der Waals surface area contributed by atoms with Gasteiger partial charge in [-0.25, -0.2) is 0 Å². The Labute approximate surface area is 88.7 Å². The van der Waals surface area contributed by atoms with E-state index in [9.17, 15) is 13.2 Å². The maximum Gasteiger partial charge on any atom is 0.392 e. The first kappa shape index (κ1) is 11.4. The normalized spacial score (nSPS) is 21.2. The molecule has 7 heteroatoms. The number of hydrogen-bond acceptors (Lipinski definition) is 4. The van der Waals surface area contributed by atoms with Crippen LogP contribution in [0.4, 0.5) is 13.2 Å². The van der Waals surface area contributed by atoms with Gasteiger partial charge in [-0.1, -0.05) is 5.16 Å². The molecule has 2 rings (SSSR count). The van der Waals surface area contributed by atoms with Crippen LogP contribution in [-0.2, 0) is 12.8 Å². The fraction of sp³-hybridized carbons (Fsp3) is 0.667. The van der Waals surface area contributed by atoms with Crippen molar-refractivity contribution in [2.24, 2.45) is 5.92 Å². The van der Waals surface area contributed by atoms with Crippen LogP contribution in [0.25, 0.3) is 0 Å². The molecule has 0 aromatic carbocycles. The van der Waals surface area contributed by atoms with E-state index in [1.165, 1.54) is 0 Å². The zero-order valence-corrected chi connectivity index (χ0v) is 8.16. The Morgan fingerprint density at radius 2 is 2.06 bits per heavy atom. The highest BCUT2D eigenvalue weighted by Gasteiger charge is 2.43. The molecule has 1 aromatic heterocycles. The molecule has 0 aliphatic heterocycles. The number of alkyl halides is 3. The summed E-state index contributed by atoms with van der Waals surface area (Å²) in [6, 6.07) is 0. The summed E-state index contributed by atoms with van der Waals surface area (Å²) in [5.41, 5.74) is -0.0208. The molecular weight excluding hydrogens is 227 g/mol. The lowest BCUT2D eigenvalue weighted by Crippen LogP contribution is -2.29. The van der Waals surface area contributed by atoms with Crippen LogP contribution >= 0.6 is 0 Å². The van der Waals surface area contributed by atoms with Gasteiger partial charge in [0, 0.05) is 12.0 Å². The highest BCUT2D eigenvalue weighted by atomic mass is 19.4. The zero-order chi connectivity index (χ0) is 11.9. The summed E-state index contributed by atoms with van der Waals surface area (Å²) in [6.07, 6.45) is -6.38. The first-order valence-corrected chi connectivity index (χ1v) is 4.79. The van der Waals surface area contributed by atoms with Crippen molar-refractivity contribution in [3.05, 3.63) is 17.0 Å². The van der Waals surface area contributed by atoms with Crippen molar-refractivity contribution in [3.8, 4) is 0 Å². The lowest BCUT2D eigenvalue weighted by molar-refractivity contribution is -0.177. The molecule has 1 atom stereocenters. The van der Waals surface area contributed by atoms with Crippen LogP contribution in [0.2, 0.25) is 0 Å². The van der Waals surface area contributed by atoms with Gasteiger partial charge in [-0.15, -0.1) is 0 Å². The molecule has 0 fully saturated rings. The summed E-state index contributed by atoms with van der Waals surface area (Å²) in [6.45, 7) is 0. The number of fused-ring (bicyclic) bond motifs is 1. The molecule has 0 saturated carbocycles. The highest BCUT2D eigenvalue weighted by Crippen LogP contribution is 2.38. The van der Waals surface area contributed by atoms with E-state index in [2.05, 4.69) is 5.16 Å². The molecule has 0 radical (unpaired) electrons. The third kappa shape index (κ3) is 1.92. The molecule has 0 saturated heterocycles. The van der Waals surface area contributed by atoms with Crippen LogP contribution in [-0.4, -0.2) is 21.5 Å². The standard InChI is InChI=1S/C9H10F3NO3/c10-9(11,12)4-1-2-6-5(3-4)7(8(14)15)13-16-6/h4,8,14-15H,1-3H2. The fourth-order valence-corrected chi connectivity index (χ4v) is 1.91. The van der Waals surface area contributed by atoms with Gasteiger partial charge in [0.2, 0.25) is 0 Å². The molecule has 0 amide bonds. The molecule has 16 heavy (non-hydrogen) atoms. The molecule has 0 bridgehead atoms. The smallest absolute Gasteiger partial charge is 0.363 e. The topological polar surface area (TPSA) is 66.5 Å². The van der Waals surface area contributed by atoms with Gasteiger partial charge in [-0.05, 0) is 12.8 Å². The minimum Gasteiger partial charge on any atom is -0.363 e. The molecule has 2 N–H and O–H groups in total. The van der Waals surface area contributed by atoms with Crippen LogP contribution in [0.5, 0.6) is 0 Å². The molecule has 1 heterocycles. The molecule has 1 aromatic rings. The van der Waals surface area contributed by atoms with Gasteiger partial charge in [0.15, 0.2) is 6.29 Å². The predicted molar refractivity (Wildman–Crippen MR) is 45.3 cm³/mol. The number of nitrogens with zero attached hydrogens (tertiary/aromatic N) is 1. The van der Waals surface area contributed by atoms with E-state index in [0.717, 1.165) is 0 Å². The monoisotopic (exact) mass is 237 g/mol. The quantitative estimate of drug-likeness (QED) is 0.723. The lowest BCUT2D eigenvalue weighted by Gasteiger charge is -2.23. The number of halogens is 3. The van der Waals surface area contributed by atoms with E-state index < -0.39 is 18.4 Å². The Balaban J connectivity index is 2.28. The SMILES string of the molecule is OC(O)c1noc2c1CC(C(F)(F)F)CC2. The lowest BCUT2D eigenvalue weighted by atomic mass is 9.86. The predicted octanol–water partition coefficient (Wildman–Crippen LogP) is 1.32. The molecule has 1 aliphatic rings. The largest absolute Gasteiger partial charge is 0.392 e. The fourth-order valence-electron chi connectivity index (χ4n) is 1.91. The van der Waals surface area contributed by atoms with Crippen LogP contribution in [0.15, 0.2) is 4.52 Å². The first-order valence-electron chi connectivity index (χ1n) is 4.79. The number of aromatic nitrogens is 1. The van der Waals surface area contributed by atoms with Crippen LogP contribution < -0.4 is 0 Å². The number of hydrogen-bond donors (Lipinski definition) is 2. The number of rotatable bonds is 1. The van der Waals surface area contributed by atoms with Gasteiger partial charge in [-0.2, -0.15) is 13.2 Å². The maximum absolute atomic E-state index is 12.5. The molecule has 90 valence electrons. The van der Waals surface area contributed by atoms with Crippen molar-refractivity contribution in [2.45, 2.75) is 31.7 Å². The van der Waals surface area contributed by atoms with Gasteiger partial charge in [-0.3, -0.25) is 0 Å². The van der Waals surface area contributed by atoms with Gasteiger partial charge < -0.3 is 14.7 Å². The third-order valence-corrected chi connectivity index (χ3v) is 2.78. The van der Waals surface area contributed by atoms with Crippen molar-refractivity contribution in [1.29, 1.82) is 0 Å². The average Bonchev–Trinajstić information content (AvgIpc) is 2.58. The maximum atomic E-state index is 12.5. The van der Waals surface area contributed by atoms with Gasteiger partial charge in [0.05, 0.1) is 5.92 Å². The minimum atomic E-state index is -4.27. The second-order valence-electron chi connectivity index (χ2n) is 3.82. The number of aliphatic hydroxyl groups is 2. The Morgan fingerprint density at radius 1 is 1.38 bits per heavy atom. The van der Waals surface area contributed by atoms with Crippen molar-refractivity contribution >= 4 is 0 Å². The first-order chi connectivity index (χ1) is 7.39. The van der Waals surface area contributed by atoms with E-state index in [4.69, 9.17) is 14.7 Å². The van der Waals surface area contributed by atoms with Crippen LogP contribution in [0.1, 0.15) is 29.7 Å². The van der Waals surface area contributed by atoms with E-state index >= 15 is 0 Å². The zero-order valence-electron chi connectivity index (χ0n) is 8.16. The second kappa shape index (κ2) is 3.74. The minimum absolute atomic E-state index is 0.0490. The van der Waals surface area contributed by atoms with Gasteiger partial charge >= 0.3 is 6.18 Å². The van der Waals surface area contributed by atoms with Crippen molar-refractivity contribution in [1.82, 2.24) is 5.16 Å². The van der Waals surface area contributed by atoms with Gasteiger partial charge in [0.1, 0.15) is 11.5 Å². The summed E-state index contributed by atoms with van der Waals surface area (Å²) in [5.74, 6) is -1.14. The van der Waals surface area contributed by atoms with E-state index in [1.807, 2.05) is 0 Å². The van der Waals surface area contributed by atoms with Crippen molar-refractivity contribution in [2.75, 3.05) is 0 Å². The average molecular weight is 237 g/mol. The molecular formula is C9H10F3NO3. The van der Waals surface area contributed by atoms with E-state index in [0.29, 0.717) is 5.76 Å². The molecule has 1 unspecified atom stereocenters. The Morgan fingerprint density at radius 3 is 2.62 bits per heavy atom. The summed E-state index contributed by atoms with van der Waals surface area (Å²) in [5, 5.41) is 21.2. The molecule has 1 aliphatic carbocycles. The van der Waals surface area contributed by atoms with Crippen LogP contribution in [0, 0.1) is 5.92 Å². The Kier molecular flexibility index (Phi) is 2.67. The van der Waals surface area contributed by atoms with Crippen molar-refractivity contribution in [3.63, 3.8) is 0 Å². The van der Waals surface area contributed by atoms with E-state index in [-0.39, 0.29) is 30.5 Å². The number of aryl methyl sites for hydroxylation is 1. The second-order valence-corrected chi connectivity index (χ2v) is 3.82. The number of aliphatic hydroxyl groups excluding tert-OH is 1. The Hall–Kier alpha value is -1.08. The van der Waals surface area contributed by atoms with Gasteiger partial charge in [0.25, 0.3) is 0 Å². The van der Waals surface area contributed by atoms with Crippen LogP contribution in [0.3, 0.4) is 0 Å². The third-order valence-electron chi connectivity index (χ3n) is 2.78.